The molecule has 0 bridgehead atoms. The van der Waals surface area contributed by atoms with Crippen molar-refractivity contribution in [2.45, 2.75) is 19.3 Å². The van der Waals surface area contributed by atoms with Gasteiger partial charge in [-0.2, -0.15) is 5.10 Å². The highest BCUT2D eigenvalue weighted by atomic mass is 32.1. The third-order valence-corrected chi connectivity index (χ3v) is 5.08. The molecule has 0 aliphatic carbocycles. The molecule has 23 heavy (non-hydrogen) atoms. The molecule has 2 aromatic heterocycles. The fraction of sp³-hybridized carbons (Fsp3) is 0.278. The Kier molecular flexibility index (Phi) is 3.79. The molecule has 0 saturated heterocycles. The van der Waals surface area contributed by atoms with Crippen LogP contribution >= 0.6 is 11.3 Å². The summed E-state index contributed by atoms with van der Waals surface area (Å²) in [6, 6.07) is 12.3. The second-order valence-electron chi connectivity index (χ2n) is 5.65. The van der Waals surface area contributed by atoms with Gasteiger partial charge in [0.25, 0.3) is 0 Å². The molecule has 1 N–H and O–H groups in total. The molecule has 0 unspecified atom stereocenters. The Morgan fingerprint density at radius 3 is 2.78 bits per heavy atom. The predicted molar refractivity (Wildman–Crippen MR) is 94.9 cm³/mol. The maximum absolute atomic E-state index is 5.26. The summed E-state index contributed by atoms with van der Waals surface area (Å²) in [5, 5.41) is 10.6. The van der Waals surface area contributed by atoms with Crippen molar-refractivity contribution in [1.29, 1.82) is 0 Å². The second-order valence-corrected chi connectivity index (χ2v) is 6.59. The average Bonchev–Trinajstić information content (AvgIpc) is 3.17. The zero-order valence-corrected chi connectivity index (χ0v) is 13.9. The lowest BCUT2D eigenvalue weighted by molar-refractivity contribution is 0.414. The predicted octanol–water partition coefficient (Wildman–Crippen LogP) is 4.36. The molecule has 1 aliphatic rings. The lowest BCUT2D eigenvalue weighted by Crippen LogP contribution is -2.07. The SMILES string of the molecule is COc1ccc(-n2nc(-c3cccs3)c3c2NCCCC3)cc1. The Labute approximate surface area is 139 Å². The van der Waals surface area contributed by atoms with Crippen molar-refractivity contribution in [3.8, 4) is 22.0 Å². The highest BCUT2D eigenvalue weighted by Crippen LogP contribution is 2.35. The van der Waals surface area contributed by atoms with Gasteiger partial charge in [-0.25, -0.2) is 4.68 Å². The van der Waals surface area contributed by atoms with Gasteiger partial charge in [0.1, 0.15) is 17.3 Å². The van der Waals surface area contributed by atoms with E-state index in [0.717, 1.165) is 35.9 Å². The summed E-state index contributed by atoms with van der Waals surface area (Å²) >= 11 is 1.75. The molecular weight excluding hydrogens is 306 g/mol. The molecule has 0 fully saturated rings. The first kappa shape index (κ1) is 14.3. The van der Waals surface area contributed by atoms with Gasteiger partial charge in [0.05, 0.1) is 17.7 Å². The van der Waals surface area contributed by atoms with Crippen molar-refractivity contribution in [2.75, 3.05) is 19.0 Å². The van der Waals surface area contributed by atoms with Gasteiger partial charge in [-0.3, -0.25) is 0 Å². The number of thiophene rings is 1. The molecule has 3 aromatic rings. The first-order chi connectivity index (χ1) is 11.4. The molecule has 1 aromatic carbocycles. The maximum atomic E-state index is 5.26. The molecule has 0 atom stereocenters. The number of rotatable bonds is 3. The van der Waals surface area contributed by atoms with Gasteiger partial charge in [-0.05, 0) is 55.0 Å². The zero-order valence-electron chi connectivity index (χ0n) is 13.1. The van der Waals surface area contributed by atoms with E-state index < -0.39 is 0 Å². The normalized spacial score (nSPS) is 14.0. The Bertz CT molecular complexity index is 791. The molecule has 118 valence electrons. The summed E-state index contributed by atoms with van der Waals surface area (Å²) < 4.78 is 7.30. The van der Waals surface area contributed by atoms with Crippen molar-refractivity contribution >= 4 is 17.2 Å². The fourth-order valence-electron chi connectivity index (χ4n) is 3.02. The zero-order chi connectivity index (χ0) is 15.6. The molecule has 0 radical (unpaired) electrons. The van der Waals surface area contributed by atoms with Crippen LogP contribution in [0.1, 0.15) is 18.4 Å². The molecule has 3 heterocycles. The Morgan fingerprint density at radius 1 is 1.17 bits per heavy atom. The van der Waals surface area contributed by atoms with Crippen LogP contribution in [-0.2, 0) is 6.42 Å². The van der Waals surface area contributed by atoms with Crippen LogP contribution in [0.4, 0.5) is 5.82 Å². The van der Waals surface area contributed by atoms with Gasteiger partial charge < -0.3 is 10.1 Å². The topological polar surface area (TPSA) is 39.1 Å². The van der Waals surface area contributed by atoms with Crippen molar-refractivity contribution < 1.29 is 4.74 Å². The van der Waals surface area contributed by atoms with E-state index in [1.54, 1.807) is 18.4 Å². The monoisotopic (exact) mass is 325 g/mol. The van der Waals surface area contributed by atoms with E-state index >= 15 is 0 Å². The van der Waals surface area contributed by atoms with Crippen molar-refractivity contribution in [3.05, 3.63) is 47.3 Å². The van der Waals surface area contributed by atoms with Gasteiger partial charge in [0.2, 0.25) is 0 Å². The van der Waals surface area contributed by atoms with E-state index in [2.05, 4.69) is 35.0 Å². The van der Waals surface area contributed by atoms with Crippen LogP contribution in [0.15, 0.2) is 41.8 Å². The van der Waals surface area contributed by atoms with E-state index in [1.165, 1.54) is 23.3 Å². The number of nitrogens with one attached hydrogen (secondary N) is 1. The summed E-state index contributed by atoms with van der Waals surface area (Å²) in [5.41, 5.74) is 3.50. The molecule has 0 amide bonds. The number of benzene rings is 1. The van der Waals surface area contributed by atoms with Crippen LogP contribution in [0, 0.1) is 0 Å². The highest BCUT2D eigenvalue weighted by molar-refractivity contribution is 7.13. The van der Waals surface area contributed by atoms with Crippen LogP contribution in [0.2, 0.25) is 0 Å². The lowest BCUT2D eigenvalue weighted by atomic mass is 10.1. The van der Waals surface area contributed by atoms with Crippen LogP contribution in [-0.4, -0.2) is 23.4 Å². The van der Waals surface area contributed by atoms with Gasteiger partial charge in [0, 0.05) is 12.1 Å². The van der Waals surface area contributed by atoms with Gasteiger partial charge in [-0.15, -0.1) is 11.3 Å². The van der Waals surface area contributed by atoms with Gasteiger partial charge >= 0.3 is 0 Å². The summed E-state index contributed by atoms with van der Waals surface area (Å²) in [4.78, 5) is 1.23. The largest absolute Gasteiger partial charge is 0.497 e. The summed E-state index contributed by atoms with van der Waals surface area (Å²) in [6.45, 7) is 0.999. The van der Waals surface area contributed by atoms with Crippen LogP contribution in [0.25, 0.3) is 16.3 Å². The molecule has 4 rings (SSSR count). The summed E-state index contributed by atoms with van der Waals surface area (Å²) in [7, 11) is 1.69. The van der Waals surface area contributed by atoms with Crippen molar-refractivity contribution in [2.24, 2.45) is 0 Å². The minimum atomic E-state index is 0.860. The first-order valence-electron chi connectivity index (χ1n) is 7.91. The molecule has 1 aliphatic heterocycles. The number of ether oxygens (including phenoxy) is 1. The van der Waals surface area contributed by atoms with E-state index in [9.17, 15) is 0 Å². The molecular formula is C18H19N3OS. The van der Waals surface area contributed by atoms with E-state index in [0.29, 0.717) is 0 Å². The molecule has 5 heteroatoms. The fourth-order valence-corrected chi connectivity index (χ4v) is 3.76. The minimum absolute atomic E-state index is 0.860. The molecule has 0 spiro atoms. The first-order valence-corrected chi connectivity index (χ1v) is 8.79. The van der Waals surface area contributed by atoms with Crippen LogP contribution < -0.4 is 10.1 Å². The van der Waals surface area contributed by atoms with Gasteiger partial charge in [0.15, 0.2) is 0 Å². The third-order valence-electron chi connectivity index (χ3n) is 4.20. The van der Waals surface area contributed by atoms with E-state index in [1.807, 2.05) is 16.8 Å². The number of nitrogens with zero attached hydrogens (tertiary/aromatic N) is 2. The Balaban J connectivity index is 1.85. The number of fused-ring (bicyclic) bond motifs is 1. The number of aromatic nitrogens is 2. The quantitative estimate of drug-likeness (QED) is 0.778. The van der Waals surface area contributed by atoms with Crippen LogP contribution in [0.5, 0.6) is 5.75 Å². The standard InChI is InChI=1S/C18H19N3OS/c1-22-14-9-7-13(8-10-14)21-18-15(5-2-3-11-19-18)17(20-21)16-6-4-12-23-16/h4,6-10,12,19H,2-3,5,11H2,1H3. The maximum Gasteiger partial charge on any atom is 0.133 e. The molecule has 0 saturated carbocycles. The van der Waals surface area contributed by atoms with Crippen LogP contribution in [0.3, 0.4) is 0 Å². The van der Waals surface area contributed by atoms with Crippen molar-refractivity contribution in [3.63, 3.8) is 0 Å². The Hall–Kier alpha value is -2.27. The number of hydrogen-bond acceptors (Lipinski definition) is 4. The number of methoxy groups -OCH3 is 1. The lowest BCUT2D eigenvalue weighted by Gasteiger charge is -2.09. The molecule has 4 nitrogen and oxygen atoms in total. The van der Waals surface area contributed by atoms with E-state index in [-0.39, 0.29) is 0 Å². The smallest absolute Gasteiger partial charge is 0.133 e. The van der Waals surface area contributed by atoms with Gasteiger partial charge in [-0.1, -0.05) is 6.07 Å². The number of hydrogen-bond donors (Lipinski definition) is 1. The third kappa shape index (κ3) is 2.61. The van der Waals surface area contributed by atoms with Crippen molar-refractivity contribution in [1.82, 2.24) is 9.78 Å². The Morgan fingerprint density at radius 2 is 2.04 bits per heavy atom. The minimum Gasteiger partial charge on any atom is -0.497 e. The summed E-state index contributed by atoms with van der Waals surface area (Å²) in [6.07, 6.45) is 3.47. The average molecular weight is 325 g/mol. The number of anilines is 1. The van der Waals surface area contributed by atoms with E-state index in [4.69, 9.17) is 9.84 Å². The second kappa shape index (κ2) is 6.08. The highest BCUT2D eigenvalue weighted by Gasteiger charge is 2.22. The summed E-state index contributed by atoms with van der Waals surface area (Å²) in [5.74, 6) is 1.99.